The van der Waals surface area contributed by atoms with E-state index in [1.807, 2.05) is 35.2 Å². The van der Waals surface area contributed by atoms with Gasteiger partial charge in [-0.2, -0.15) is 0 Å². The van der Waals surface area contributed by atoms with Crippen molar-refractivity contribution < 1.29 is 9.53 Å². The normalized spacial score (nSPS) is 17.8. The van der Waals surface area contributed by atoms with Gasteiger partial charge in [-0.3, -0.25) is 9.78 Å². The van der Waals surface area contributed by atoms with Gasteiger partial charge in [-0.15, -0.1) is 0 Å². The number of benzene rings is 1. The molecule has 2 aromatic rings. The maximum atomic E-state index is 13.0. The lowest BCUT2D eigenvalue weighted by Gasteiger charge is -2.36. The van der Waals surface area contributed by atoms with Gasteiger partial charge in [0, 0.05) is 44.1 Å². The van der Waals surface area contributed by atoms with Crippen LogP contribution >= 0.6 is 0 Å². The summed E-state index contributed by atoms with van der Waals surface area (Å²) in [5.41, 5.74) is 2.61. The molecule has 0 spiro atoms. The number of nitrogens with one attached hydrogen (secondary N) is 1. The zero-order valence-corrected chi connectivity index (χ0v) is 17.1. The average molecular weight is 395 g/mol. The van der Waals surface area contributed by atoms with Crippen LogP contribution in [0.5, 0.6) is 5.75 Å². The number of amides is 1. The summed E-state index contributed by atoms with van der Waals surface area (Å²) in [6, 6.07) is 12.4. The van der Waals surface area contributed by atoms with Crippen molar-refractivity contribution in [1.82, 2.24) is 9.88 Å². The van der Waals surface area contributed by atoms with E-state index < -0.39 is 0 Å². The second kappa shape index (κ2) is 9.16. The summed E-state index contributed by atoms with van der Waals surface area (Å²) in [7, 11) is 1.69. The first-order chi connectivity index (χ1) is 14.2. The van der Waals surface area contributed by atoms with Crippen molar-refractivity contribution >= 4 is 17.3 Å². The minimum Gasteiger partial charge on any atom is -0.495 e. The van der Waals surface area contributed by atoms with Gasteiger partial charge < -0.3 is 19.9 Å². The maximum Gasteiger partial charge on any atom is 0.272 e. The van der Waals surface area contributed by atoms with E-state index in [0.29, 0.717) is 24.8 Å². The number of aromatic nitrogens is 1. The van der Waals surface area contributed by atoms with Gasteiger partial charge in [0.25, 0.3) is 5.91 Å². The number of carbonyl (C=O) groups is 1. The molecule has 1 amide bonds. The molecule has 6 heteroatoms. The first kappa shape index (κ1) is 19.6. The van der Waals surface area contributed by atoms with E-state index in [1.165, 1.54) is 32.1 Å². The molecular weight excluding hydrogens is 364 g/mol. The molecule has 4 rings (SSSR count). The van der Waals surface area contributed by atoms with E-state index in [0.717, 1.165) is 30.2 Å². The fraction of sp³-hybridized carbons (Fsp3) is 0.478. The molecule has 154 valence electrons. The van der Waals surface area contributed by atoms with Crippen LogP contribution in [-0.4, -0.2) is 55.1 Å². The summed E-state index contributed by atoms with van der Waals surface area (Å²) in [4.78, 5) is 21.5. The molecular formula is C23H30N4O2. The van der Waals surface area contributed by atoms with Crippen molar-refractivity contribution in [3.63, 3.8) is 0 Å². The highest BCUT2D eigenvalue weighted by Gasteiger charge is 2.24. The standard InChI is InChI=1S/C23H30N4O2/c1-29-22-10-6-5-9-21(22)26-13-15-27(16-14-26)23(28)20-17-19(11-12-24-20)25-18-7-3-2-4-8-18/h5-6,9-12,17-18H,2-4,7-8,13-16H2,1H3,(H,24,25). The molecule has 2 heterocycles. The zero-order chi connectivity index (χ0) is 20.1. The lowest BCUT2D eigenvalue weighted by molar-refractivity contribution is 0.0741. The Kier molecular flexibility index (Phi) is 6.17. The molecule has 6 nitrogen and oxygen atoms in total. The number of methoxy groups -OCH3 is 1. The van der Waals surface area contributed by atoms with E-state index in [4.69, 9.17) is 4.74 Å². The van der Waals surface area contributed by atoms with Crippen molar-refractivity contribution in [2.45, 2.75) is 38.1 Å². The number of nitrogens with zero attached hydrogens (tertiary/aromatic N) is 3. The van der Waals surface area contributed by atoms with Gasteiger partial charge in [0.05, 0.1) is 12.8 Å². The van der Waals surface area contributed by atoms with Crippen LogP contribution in [0.25, 0.3) is 0 Å². The van der Waals surface area contributed by atoms with Crippen LogP contribution in [0.2, 0.25) is 0 Å². The summed E-state index contributed by atoms with van der Waals surface area (Å²) in [5.74, 6) is 0.882. The molecule has 1 aliphatic carbocycles. The second-order valence-electron chi connectivity index (χ2n) is 7.86. The fourth-order valence-corrected chi connectivity index (χ4v) is 4.32. The van der Waals surface area contributed by atoms with Gasteiger partial charge in [-0.1, -0.05) is 31.4 Å². The lowest BCUT2D eigenvalue weighted by atomic mass is 9.95. The van der Waals surface area contributed by atoms with Crippen molar-refractivity contribution in [2.75, 3.05) is 43.5 Å². The largest absolute Gasteiger partial charge is 0.495 e. The molecule has 29 heavy (non-hydrogen) atoms. The number of carbonyl (C=O) groups excluding carboxylic acids is 1. The quantitative estimate of drug-likeness (QED) is 0.836. The van der Waals surface area contributed by atoms with Gasteiger partial charge in [0.15, 0.2) is 0 Å². The molecule has 2 aliphatic rings. The van der Waals surface area contributed by atoms with E-state index >= 15 is 0 Å². The monoisotopic (exact) mass is 394 g/mol. The third-order valence-corrected chi connectivity index (χ3v) is 5.95. The minimum absolute atomic E-state index is 0.0111. The molecule has 1 N–H and O–H groups in total. The Morgan fingerprint density at radius 1 is 1.07 bits per heavy atom. The molecule has 0 unspecified atom stereocenters. The summed E-state index contributed by atoms with van der Waals surface area (Å²) in [6.07, 6.45) is 8.05. The molecule has 0 bridgehead atoms. The fourth-order valence-electron chi connectivity index (χ4n) is 4.32. The van der Waals surface area contributed by atoms with Gasteiger partial charge in [-0.25, -0.2) is 0 Å². The highest BCUT2D eigenvalue weighted by molar-refractivity contribution is 5.93. The Hall–Kier alpha value is -2.76. The number of hydrogen-bond donors (Lipinski definition) is 1. The number of pyridine rings is 1. The number of rotatable bonds is 5. The van der Waals surface area contributed by atoms with Crippen LogP contribution in [-0.2, 0) is 0 Å². The molecule has 1 aromatic carbocycles. The van der Waals surface area contributed by atoms with Gasteiger partial charge >= 0.3 is 0 Å². The highest BCUT2D eigenvalue weighted by atomic mass is 16.5. The topological polar surface area (TPSA) is 57.7 Å². The number of hydrogen-bond acceptors (Lipinski definition) is 5. The molecule has 0 radical (unpaired) electrons. The van der Waals surface area contributed by atoms with Crippen LogP contribution in [0.4, 0.5) is 11.4 Å². The van der Waals surface area contributed by atoms with Crippen LogP contribution < -0.4 is 15.0 Å². The molecule has 1 aromatic heterocycles. The minimum atomic E-state index is 0.0111. The summed E-state index contributed by atoms with van der Waals surface area (Å²) >= 11 is 0. The predicted molar refractivity (Wildman–Crippen MR) is 116 cm³/mol. The molecule has 1 saturated heterocycles. The number of ether oxygens (including phenoxy) is 1. The zero-order valence-electron chi connectivity index (χ0n) is 17.1. The predicted octanol–water partition coefficient (Wildman–Crippen LogP) is 3.80. The van der Waals surface area contributed by atoms with E-state index in [9.17, 15) is 4.79 Å². The van der Waals surface area contributed by atoms with Crippen molar-refractivity contribution in [3.05, 3.63) is 48.3 Å². The Balaban J connectivity index is 1.37. The van der Waals surface area contributed by atoms with E-state index in [-0.39, 0.29) is 5.91 Å². The molecule has 2 fully saturated rings. The Morgan fingerprint density at radius 3 is 2.59 bits per heavy atom. The Labute approximate surface area is 172 Å². The van der Waals surface area contributed by atoms with Crippen LogP contribution in [0.3, 0.4) is 0 Å². The average Bonchev–Trinajstić information content (AvgIpc) is 2.79. The maximum absolute atomic E-state index is 13.0. The second-order valence-corrected chi connectivity index (χ2v) is 7.86. The highest BCUT2D eigenvalue weighted by Crippen LogP contribution is 2.28. The number of anilines is 2. The SMILES string of the molecule is COc1ccccc1N1CCN(C(=O)c2cc(NC3CCCCC3)ccn2)CC1. The number of para-hydroxylation sites is 2. The first-order valence-corrected chi connectivity index (χ1v) is 10.6. The third-order valence-electron chi connectivity index (χ3n) is 5.95. The first-order valence-electron chi connectivity index (χ1n) is 10.6. The van der Waals surface area contributed by atoms with E-state index in [2.05, 4.69) is 21.3 Å². The molecule has 1 aliphatic heterocycles. The molecule has 1 saturated carbocycles. The Bertz CT molecular complexity index is 827. The summed E-state index contributed by atoms with van der Waals surface area (Å²) in [5, 5.41) is 3.59. The van der Waals surface area contributed by atoms with Gasteiger partial charge in [0.1, 0.15) is 11.4 Å². The van der Waals surface area contributed by atoms with E-state index in [1.54, 1.807) is 13.3 Å². The third kappa shape index (κ3) is 4.63. The van der Waals surface area contributed by atoms with Crippen LogP contribution in [0.1, 0.15) is 42.6 Å². The Morgan fingerprint density at radius 2 is 1.83 bits per heavy atom. The van der Waals surface area contributed by atoms with Crippen molar-refractivity contribution in [3.8, 4) is 5.75 Å². The van der Waals surface area contributed by atoms with Gasteiger partial charge in [-0.05, 0) is 37.1 Å². The van der Waals surface area contributed by atoms with Crippen LogP contribution in [0.15, 0.2) is 42.6 Å². The molecule has 0 atom stereocenters. The van der Waals surface area contributed by atoms with Crippen LogP contribution in [0, 0.1) is 0 Å². The lowest BCUT2D eigenvalue weighted by Crippen LogP contribution is -2.49. The smallest absolute Gasteiger partial charge is 0.272 e. The van der Waals surface area contributed by atoms with Crippen molar-refractivity contribution in [1.29, 1.82) is 0 Å². The van der Waals surface area contributed by atoms with Crippen molar-refractivity contribution in [2.24, 2.45) is 0 Å². The summed E-state index contributed by atoms with van der Waals surface area (Å²) < 4.78 is 5.48. The number of piperazine rings is 1. The summed E-state index contributed by atoms with van der Waals surface area (Å²) in [6.45, 7) is 2.93. The van der Waals surface area contributed by atoms with Gasteiger partial charge in [0.2, 0.25) is 0 Å².